The fourth-order valence-corrected chi connectivity index (χ4v) is 4.36. The van der Waals surface area contributed by atoms with Gasteiger partial charge in [-0.15, -0.1) is 11.8 Å². The van der Waals surface area contributed by atoms with Gasteiger partial charge in [0.1, 0.15) is 0 Å². The van der Waals surface area contributed by atoms with Crippen LogP contribution in [-0.2, 0) is 21.4 Å². The van der Waals surface area contributed by atoms with Crippen molar-refractivity contribution in [3.63, 3.8) is 0 Å². The van der Waals surface area contributed by atoms with Crippen molar-refractivity contribution in [3.8, 4) is 0 Å². The number of nitrogens with zero attached hydrogens (tertiary/aromatic N) is 2. The van der Waals surface area contributed by atoms with Crippen molar-refractivity contribution in [1.29, 1.82) is 0 Å². The molecule has 0 aliphatic carbocycles. The molecule has 0 saturated carbocycles. The number of piperidine rings is 1. The number of carbonyl (C=O) groups excluding carboxylic acids is 2. The molecule has 1 aromatic heterocycles. The summed E-state index contributed by atoms with van der Waals surface area (Å²) in [6, 6.07) is 9.26. The lowest BCUT2D eigenvalue weighted by atomic mass is 9.98. The Kier molecular flexibility index (Phi) is 6.21. The first kappa shape index (κ1) is 19.5. The lowest BCUT2D eigenvalue weighted by molar-refractivity contribution is -0.151. The predicted molar refractivity (Wildman–Crippen MR) is 106 cm³/mol. The fraction of sp³-hybridized carbons (Fsp3) is 0.450. The van der Waals surface area contributed by atoms with Gasteiger partial charge in [-0.1, -0.05) is 18.2 Å². The molecule has 0 spiro atoms. The number of pyridine rings is 1. The highest BCUT2D eigenvalue weighted by atomic mass is 32.2. The van der Waals surface area contributed by atoms with E-state index in [1.54, 1.807) is 29.5 Å². The van der Waals surface area contributed by atoms with Gasteiger partial charge in [0, 0.05) is 36.5 Å². The number of thioether (sulfide) groups is 1. The standard InChI is InChI=1S/C20H24N2O4S/c1-3-26-20(25)14-7-6-10-22(12-14)19(24)13-27-17-11-18(23)21(2)16-9-5-4-8-15(16)17/h4-5,8-9,11,14H,3,6-7,10,12-13H2,1-2H3/t14-/m0/s1. The number of esters is 1. The molecule has 2 heterocycles. The second-order valence-electron chi connectivity index (χ2n) is 6.64. The van der Waals surface area contributed by atoms with Crippen LogP contribution in [0.5, 0.6) is 0 Å². The Balaban J connectivity index is 1.69. The van der Waals surface area contributed by atoms with E-state index in [0.29, 0.717) is 19.7 Å². The number of hydrogen-bond acceptors (Lipinski definition) is 5. The van der Waals surface area contributed by atoms with Gasteiger partial charge in [0.15, 0.2) is 0 Å². The summed E-state index contributed by atoms with van der Waals surface area (Å²) in [7, 11) is 1.74. The van der Waals surface area contributed by atoms with E-state index in [-0.39, 0.29) is 29.1 Å². The van der Waals surface area contributed by atoms with Gasteiger partial charge in [-0.25, -0.2) is 0 Å². The van der Waals surface area contributed by atoms with Gasteiger partial charge in [-0.3, -0.25) is 14.4 Å². The Hall–Kier alpha value is -2.28. The normalized spacial score (nSPS) is 17.1. The van der Waals surface area contributed by atoms with Crippen LogP contribution in [0.25, 0.3) is 10.9 Å². The monoisotopic (exact) mass is 388 g/mol. The summed E-state index contributed by atoms with van der Waals surface area (Å²) in [6.45, 7) is 3.21. The van der Waals surface area contributed by atoms with Gasteiger partial charge >= 0.3 is 5.97 Å². The lowest BCUT2D eigenvalue weighted by Crippen LogP contribution is -2.43. The van der Waals surface area contributed by atoms with Gasteiger partial charge in [0.2, 0.25) is 5.91 Å². The van der Waals surface area contributed by atoms with Crippen LogP contribution in [0.3, 0.4) is 0 Å². The van der Waals surface area contributed by atoms with Crippen LogP contribution in [0.2, 0.25) is 0 Å². The van der Waals surface area contributed by atoms with Crippen LogP contribution in [-0.4, -0.2) is 46.8 Å². The van der Waals surface area contributed by atoms with Gasteiger partial charge in [-0.2, -0.15) is 0 Å². The summed E-state index contributed by atoms with van der Waals surface area (Å²) in [5.74, 6) is -0.233. The number of aromatic nitrogens is 1. The van der Waals surface area contributed by atoms with Crippen LogP contribution in [0.4, 0.5) is 0 Å². The Morgan fingerprint density at radius 1 is 1.30 bits per heavy atom. The van der Waals surface area contributed by atoms with E-state index in [1.807, 2.05) is 24.3 Å². The maximum Gasteiger partial charge on any atom is 0.310 e. The first-order chi connectivity index (χ1) is 13.0. The highest BCUT2D eigenvalue weighted by Gasteiger charge is 2.29. The third-order valence-corrected chi connectivity index (χ3v) is 5.90. The molecule has 1 saturated heterocycles. The molecule has 1 aliphatic heterocycles. The number of hydrogen-bond donors (Lipinski definition) is 0. The van der Waals surface area contributed by atoms with Gasteiger partial charge in [0.25, 0.3) is 5.56 Å². The minimum Gasteiger partial charge on any atom is -0.466 e. The van der Waals surface area contributed by atoms with Crippen molar-refractivity contribution in [1.82, 2.24) is 9.47 Å². The molecular weight excluding hydrogens is 364 g/mol. The van der Waals surface area contributed by atoms with Crippen molar-refractivity contribution in [2.24, 2.45) is 13.0 Å². The van der Waals surface area contributed by atoms with Crippen LogP contribution in [0.15, 0.2) is 40.0 Å². The smallest absolute Gasteiger partial charge is 0.310 e. The number of para-hydroxylation sites is 1. The number of amides is 1. The number of benzene rings is 1. The molecule has 0 bridgehead atoms. The number of ether oxygens (including phenoxy) is 1. The zero-order valence-electron chi connectivity index (χ0n) is 15.6. The number of fused-ring (bicyclic) bond motifs is 1. The van der Waals surface area contributed by atoms with E-state index >= 15 is 0 Å². The van der Waals surface area contributed by atoms with Crippen molar-refractivity contribution in [2.45, 2.75) is 24.7 Å². The second-order valence-corrected chi connectivity index (χ2v) is 7.66. The molecule has 0 unspecified atom stereocenters. The van der Waals surface area contributed by atoms with Crippen molar-refractivity contribution in [3.05, 3.63) is 40.7 Å². The van der Waals surface area contributed by atoms with Crippen LogP contribution >= 0.6 is 11.8 Å². The molecule has 1 fully saturated rings. The minimum absolute atomic E-state index is 0.0150. The number of aryl methyl sites for hydroxylation is 1. The zero-order valence-corrected chi connectivity index (χ0v) is 16.5. The summed E-state index contributed by atoms with van der Waals surface area (Å²) in [6.07, 6.45) is 1.56. The van der Waals surface area contributed by atoms with Crippen molar-refractivity contribution >= 4 is 34.5 Å². The average Bonchev–Trinajstić information content (AvgIpc) is 2.69. The van der Waals surface area contributed by atoms with E-state index in [2.05, 4.69) is 0 Å². The van der Waals surface area contributed by atoms with E-state index in [0.717, 1.165) is 28.6 Å². The molecule has 6 nitrogen and oxygen atoms in total. The van der Waals surface area contributed by atoms with Gasteiger partial charge in [0.05, 0.1) is 23.8 Å². The first-order valence-corrected chi connectivity index (χ1v) is 10.2. The average molecular weight is 388 g/mol. The predicted octanol–water partition coefficient (Wildman–Crippen LogP) is 2.43. The third kappa shape index (κ3) is 4.35. The molecule has 144 valence electrons. The molecule has 27 heavy (non-hydrogen) atoms. The molecular formula is C20H24N2O4S. The van der Waals surface area contributed by atoms with Crippen LogP contribution in [0, 0.1) is 5.92 Å². The largest absolute Gasteiger partial charge is 0.466 e. The number of likely N-dealkylation sites (tertiary alicyclic amines) is 1. The third-order valence-electron chi connectivity index (χ3n) is 4.86. The van der Waals surface area contributed by atoms with E-state index in [1.165, 1.54) is 11.8 Å². The Labute approximate surface area is 162 Å². The lowest BCUT2D eigenvalue weighted by Gasteiger charge is -2.31. The molecule has 2 aromatic rings. The van der Waals surface area contributed by atoms with E-state index in [9.17, 15) is 14.4 Å². The Morgan fingerprint density at radius 2 is 2.07 bits per heavy atom. The second kappa shape index (κ2) is 8.61. The summed E-state index contributed by atoms with van der Waals surface area (Å²) in [4.78, 5) is 39.3. The highest BCUT2D eigenvalue weighted by molar-refractivity contribution is 8.00. The van der Waals surface area contributed by atoms with Crippen molar-refractivity contribution in [2.75, 3.05) is 25.4 Å². The molecule has 1 aromatic carbocycles. The summed E-state index contributed by atoms with van der Waals surface area (Å²) >= 11 is 1.37. The van der Waals surface area contributed by atoms with Crippen molar-refractivity contribution < 1.29 is 14.3 Å². The molecule has 1 atom stereocenters. The molecule has 1 amide bonds. The van der Waals surface area contributed by atoms with Gasteiger partial charge in [-0.05, 0) is 25.8 Å². The van der Waals surface area contributed by atoms with Gasteiger partial charge < -0.3 is 14.2 Å². The summed E-state index contributed by atoms with van der Waals surface area (Å²) in [5.41, 5.74) is 0.754. The fourth-order valence-electron chi connectivity index (χ4n) is 3.39. The molecule has 0 radical (unpaired) electrons. The molecule has 1 aliphatic rings. The Morgan fingerprint density at radius 3 is 2.85 bits per heavy atom. The van der Waals surface area contributed by atoms with Crippen LogP contribution < -0.4 is 5.56 Å². The topological polar surface area (TPSA) is 68.6 Å². The number of rotatable bonds is 5. The Bertz CT molecular complexity index is 908. The number of carbonyl (C=O) groups is 2. The molecule has 7 heteroatoms. The van der Waals surface area contributed by atoms with E-state index in [4.69, 9.17) is 4.74 Å². The minimum atomic E-state index is -0.238. The molecule has 0 N–H and O–H groups in total. The quantitative estimate of drug-likeness (QED) is 0.581. The first-order valence-electron chi connectivity index (χ1n) is 9.17. The highest BCUT2D eigenvalue weighted by Crippen LogP contribution is 2.27. The SMILES string of the molecule is CCOC(=O)[C@H]1CCCN(C(=O)CSc2cc(=O)n(C)c3ccccc23)C1. The zero-order chi connectivity index (χ0) is 19.4. The van der Waals surface area contributed by atoms with E-state index < -0.39 is 0 Å². The summed E-state index contributed by atoms with van der Waals surface area (Å²) in [5, 5.41) is 0.959. The summed E-state index contributed by atoms with van der Waals surface area (Å²) < 4.78 is 6.70. The maximum absolute atomic E-state index is 12.7. The maximum atomic E-state index is 12.7. The van der Waals surface area contributed by atoms with Crippen LogP contribution in [0.1, 0.15) is 19.8 Å². The molecule has 3 rings (SSSR count).